The Bertz CT molecular complexity index is 306. The summed E-state index contributed by atoms with van der Waals surface area (Å²) in [7, 11) is 0. The summed E-state index contributed by atoms with van der Waals surface area (Å²) in [6.07, 6.45) is 1.10. The van der Waals surface area contributed by atoms with Gasteiger partial charge in [-0.1, -0.05) is 44.7 Å². The summed E-state index contributed by atoms with van der Waals surface area (Å²) >= 11 is 0. The van der Waals surface area contributed by atoms with E-state index in [1.54, 1.807) is 0 Å². The van der Waals surface area contributed by atoms with Gasteiger partial charge in [-0.2, -0.15) is 0 Å². The third-order valence-electron chi connectivity index (χ3n) is 1.87. The number of benzene rings is 1. The predicted molar refractivity (Wildman–Crippen MR) is 57.5 cm³/mol. The SMILES string of the molecule is CCc1ccc(C#CC(C)C)cc1. The molecule has 0 aliphatic carbocycles. The van der Waals surface area contributed by atoms with E-state index in [0.29, 0.717) is 5.92 Å². The molecule has 0 heteroatoms. The normalized spacial score (nSPS) is 9.54. The van der Waals surface area contributed by atoms with Gasteiger partial charge in [-0.3, -0.25) is 0 Å². The average Bonchev–Trinajstić information content (AvgIpc) is 2.15. The number of hydrogen-bond acceptors (Lipinski definition) is 0. The fourth-order valence-corrected chi connectivity index (χ4v) is 1.05. The molecule has 0 saturated carbocycles. The lowest BCUT2D eigenvalue weighted by Crippen LogP contribution is -1.82. The molecule has 68 valence electrons. The Morgan fingerprint density at radius 2 is 1.77 bits per heavy atom. The van der Waals surface area contributed by atoms with E-state index in [4.69, 9.17) is 0 Å². The second-order valence-corrected chi connectivity index (χ2v) is 3.47. The Kier molecular flexibility index (Phi) is 3.58. The van der Waals surface area contributed by atoms with Crippen molar-refractivity contribution in [3.63, 3.8) is 0 Å². The lowest BCUT2D eigenvalue weighted by atomic mass is 10.1. The Morgan fingerprint density at radius 1 is 1.15 bits per heavy atom. The molecule has 0 nitrogen and oxygen atoms in total. The van der Waals surface area contributed by atoms with Gasteiger partial charge in [0.15, 0.2) is 0 Å². The highest BCUT2D eigenvalue weighted by atomic mass is 13.9. The smallest absolute Gasteiger partial charge is 0.0245 e. The van der Waals surface area contributed by atoms with E-state index in [0.717, 1.165) is 12.0 Å². The second kappa shape index (κ2) is 4.72. The first-order valence-electron chi connectivity index (χ1n) is 4.83. The van der Waals surface area contributed by atoms with Crippen LogP contribution in [0, 0.1) is 17.8 Å². The van der Waals surface area contributed by atoms with Gasteiger partial charge < -0.3 is 0 Å². The van der Waals surface area contributed by atoms with Crippen molar-refractivity contribution in [2.24, 2.45) is 5.92 Å². The summed E-state index contributed by atoms with van der Waals surface area (Å²) in [6.45, 7) is 6.37. The van der Waals surface area contributed by atoms with Gasteiger partial charge in [-0.05, 0) is 24.1 Å². The highest BCUT2D eigenvalue weighted by molar-refractivity contribution is 5.36. The van der Waals surface area contributed by atoms with Gasteiger partial charge in [0.25, 0.3) is 0 Å². The Labute approximate surface area is 81.0 Å². The first kappa shape index (κ1) is 9.86. The molecule has 0 saturated heterocycles. The highest BCUT2D eigenvalue weighted by Gasteiger charge is 1.89. The van der Waals surface area contributed by atoms with Gasteiger partial charge in [0.05, 0.1) is 0 Å². The highest BCUT2D eigenvalue weighted by Crippen LogP contribution is 2.03. The fourth-order valence-electron chi connectivity index (χ4n) is 1.05. The molecule has 0 spiro atoms. The molecule has 0 heterocycles. The standard InChI is InChI=1S/C13H16/c1-4-12-7-9-13(10-8-12)6-5-11(2)3/h7-11H,4H2,1-3H3. The largest absolute Gasteiger partial charge is 0.0951 e. The summed E-state index contributed by atoms with van der Waals surface area (Å²) in [5.74, 6) is 6.74. The van der Waals surface area contributed by atoms with Crippen molar-refractivity contribution in [2.75, 3.05) is 0 Å². The maximum absolute atomic E-state index is 3.15. The molecule has 0 atom stereocenters. The van der Waals surface area contributed by atoms with Crippen LogP contribution in [-0.4, -0.2) is 0 Å². The lowest BCUT2D eigenvalue weighted by Gasteiger charge is -1.95. The zero-order chi connectivity index (χ0) is 9.68. The molecule has 0 aliphatic heterocycles. The summed E-state index contributed by atoms with van der Waals surface area (Å²) in [5.41, 5.74) is 2.49. The third-order valence-corrected chi connectivity index (χ3v) is 1.87. The molecule has 0 aromatic heterocycles. The maximum atomic E-state index is 3.15. The molecular weight excluding hydrogens is 156 g/mol. The Balaban J connectivity index is 2.77. The molecule has 1 aromatic rings. The first-order chi connectivity index (χ1) is 6.22. The summed E-state index contributed by atoms with van der Waals surface area (Å²) < 4.78 is 0. The summed E-state index contributed by atoms with van der Waals surface area (Å²) in [6, 6.07) is 8.47. The molecule has 0 unspecified atom stereocenters. The van der Waals surface area contributed by atoms with Crippen molar-refractivity contribution in [3.8, 4) is 11.8 Å². The molecule has 0 bridgehead atoms. The van der Waals surface area contributed by atoms with Crippen molar-refractivity contribution >= 4 is 0 Å². The zero-order valence-corrected chi connectivity index (χ0v) is 8.59. The molecule has 0 fully saturated rings. The van der Waals surface area contributed by atoms with Crippen LogP contribution in [0.2, 0.25) is 0 Å². The van der Waals surface area contributed by atoms with E-state index in [-0.39, 0.29) is 0 Å². The van der Waals surface area contributed by atoms with Crippen LogP contribution in [0.15, 0.2) is 24.3 Å². The lowest BCUT2D eigenvalue weighted by molar-refractivity contribution is 0.866. The summed E-state index contributed by atoms with van der Waals surface area (Å²) in [5, 5.41) is 0. The molecule has 13 heavy (non-hydrogen) atoms. The van der Waals surface area contributed by atoms with Crippen LogP contribution in [-0.2, 0) is 6.42 Å². The predicted octanol–water partition coefficient (Wildman–Crippen LogP) is 3.26. The zero-order valence-electron chi connectivity index (χ0n) is 8.59. The minimum atomic E-state index is 0.450. The average molecular weight is 172 g/mol. The van der Waals surface area contributed by atoms with Gasteiger partial charge in [0, 0.05) is 11.5 Å². The second-order valence-electron chi connectivity index (χ2n) is 3.47. The van der Waals surface area contributed by atoms with Crippen LogP contribution in [0.4, 0.5) is 0 Å². The number of aryl methyl sites for hydroxylation is 1. The quantitative estimate of drug-likeness (QED) is 0.570. The van der Waals surface area contributed by atoms with Crippen LogP contribution >= 0.6 is 0 Å². The van der Waals surface area contributed by atoms with Crippen molar-refractivity contribution in [2.45, 2.75) is 27.2 Å². The van der Waals surface area contributed by atoms with Gasteiger partial charge in [-0.15, -0.1) is 0 Å². The van der Waals surface area contributed by atoms with E-state index in [9.17, 15) is 0 Å². The number of rotatable bonds is 1. The van der Waals surface area contributed by atoms with Crippen LogP contribution in [0.3, 0.4) is 0 Å². The first-order valence-corrected chi connectivity index (χ1v) is 4.83. The van der Waals surface area contributed by atoms with E-state index in [1.807, 2.05) is 0 Å². The molecule has 0 N–H and O–H groups in total. The maximum Gasteiger partial charge on any atom is 0.0245 e. The van der Waals surface area contributed by atoms with E-state index < -0.39 is 0 Å². The van der Waals surface area contributed by atoms with Gasteiger partial charge in [0.1, 0.15) is 0 Å². The molecule has 1 rings (SSSR count). The van der Waals surface area contributed by atoms with Crippen molar-refractivity contribution in [1.82, 2.24) is 0 Å². The van der Waals surface area contributed by atoms with E-state index >= 15 is 0 Å². The third kappa shape index (κ3) is 3.34. The topological polar surface area (TPSA) is 0 Å². The van der Waals surface area contributed by atoms with Crippen molar-refractivity contribution in [1.29, 1.82) is 0 Å². The van der Waals surface area contributed by atoms with Crippen LogP contribution in [0.5, 0.6) is 0 Å². The van der Waals surface area contributed by atoms with E-state index in [1.165, 1.54) is 5.56 Å². The molecule has 0 radical (unpaired) electrons. The van der Waals surface area contributed by atoms with Crippen LogP contribution in [0.25, 0.3) is 0 Å². The number of hydrogen-bond donors (Lipinski definition) is 0. The molecule has 1 aromatic carbocycles. The molecular formula is C13H16. The molecule has 0 amide bonds. The van der Waals surface area contributed by atoms with Crippen LogP contribution in [0.1, 0.15) is 31.9 Å². The fraction of sp³-hybridized carbons (Fsp3) is 0.385. The van der Waals surface area contributed by atoms with E-state index in [2.05, 4.69) is 56.9 Å². The minimum Gasteiger partial charge on any atom is -0.0951 e. The summed E-state index contributed by atoms with van der Waals surface area (Å²) in [4.78, 5) is 0. The van der Waals surface area contributed by atoms with Crippen molar-refractivity contribution in [3.05, 3.63) is 35.4 Å². The van der Waals surface area contributed by atoms with Gasteiger partial charge in [0.2, 0.25) is 0 Å². The minimum absolute atomic E-state index is 0.450. The molecule has 0 aliphatic rings. The monoisotopic (exact) mass is 172 g/mol. The van der Waals surface area contributed by atoms with Crippen LogP contribution < -0.4 is 0 Å². The van der Waals surface area contributed by atoms with Gasteiger partial charge in [-0.25, -0.2) is 0 Å². The van der Waals surface area contributed by atoms with Gasteiger partial charge >= 0.3 is 0 Å². The van der Waals surface area contributed by atoms with Crippen molar-refractivity contribution < 1.29 is 0 Å². The Hall–Kier alpha value is -1.22. The Morgan fingerprint density at radius 3 is 2.23 bits per heavy atom.